The maximum absolute atomic E-state index is 12.0. The first-order valence-electron chi connectivity index (χ1n) is 10.6. The van der Waals surface area contributed by atoms with Crippen LogP contribution >= 0.6 is 0 Å². The predicted octanol–water partition coefficient (Wildman–Crippen LogP) is 4.73. The van der Waals surface area contributed by atoms with E-state index in [2.05, 4.69) is 41.4 Å². The van der Waals surface area contributed by atoms with Gasteiger partial charge in [0.1, 0.15) is 11.8 Å². The van der Waals surface area contributed by atoms with Crippen molar-refractivity contribution < 1.29 is 14.3 Å². The molecule has 0 saturated heterocycles. The molecular formula is C25H31NO3. The highest BCUT2D eigenvalue weighted by Crippen LogP contribution is 2.30. The van der Waals surface area contributed by atoms with E-state index >= 15 is 0 Å². The Labute approximate surface area is 174 Å². The summed E-state index contributed by atoms with van der Waals surface area (Å²) in [6, 6.07) is 12.8. The largest absolute Gasteiger partial charge is 0.490 e. The maximum Gasteiger partial charge on any atom is 0.330 e. The van der Waals surface area contributed by atoms with Crippen molar-refractivity contribution in [3.8, 4) is 5.75 Å². The SMILES string of the molecule is CCOC(=O)C(C)N=Cc1c2ccc(c1OC(C)C)CCc1ccc(cc1)CC2. The van der Waals surface area contributed by atoms with E-state index in [1.807, 2.05) is 20.1 Å². The van der Waals surface area contributed by atoms with Gasteiger partial charge in [-0.3, -0.25) is 4.99 Å². The smallest absolute Gasteiger partial charge is 0.330 e. The van der Waals surface area contributed by atoms with Crippen molar-refractivity contribution in [3.05, 3.63) is 64.2 Å². The number of ether oxygens (including phenoxy) is 2. The Bertz CT molecular complexity index is 868. The molecule has 4 heteroatoms. The summed E-state index contributed by atoms with van der Waals surface area (Å²) in [6.07, 6.45) is 5.58. The number of aryl methyl sites for hydroxylation is 4. The van der Waals surface area contributed by atoms with E-state index in [1.165, 1.54) is 22.3 Å². The molecule has 4 aliphatic rings. The van der Waals surface area contributed by atoms with Gasteiger partial charge in [0.05, 0.1) is 12.7 Å². The summed E-state index contributed by atoms with van der Waals surface area (Å²) in [5, 5.41) is 0. The average molecular weight is 394 g/mol. The van der Waals surface area contributed by atoms with Gasteiger partial charge in [-0.15, -0.1) is 0 Å². The summed E-state index contributed by atoms with van der Waals surface area (Å²) in [7, 11) is 0. The number of hydrogen-bond acceptors (Lipinski definition) is 4. The molecule has 154 valence electrons. The van der Waals surface area contributed by atoms with Gasteiger partial charge in [0, 0.05) is 11.8 Å². The Hall–Kier alpha value is -2.62. The molecule has 0 amide bonds. The third kappa shape index (κ3) is 5.47. The van der Waals surface area contributed by atoms with Crippen LogP contribution in [0.3, 0.4) is 0 Å². The number of rotatable bonds is 6. The maximum atomic E-state index is 12.0. The molecule has 1 atom stereocenters. The highest BCUT2D eigenvalue weighted by atomic mass is 16.5. The Balaban J connectivity index is 2.01. The van der Waals surface area contributed by atoms with Gasteiger partial charge in [-0.2, -0.15) is 0 Å². The first-order chi connectivity index (χ1) is 14.0. The van der Waals surface area contributed by atoms with Crippen molar-refractivity contribution in [1.29, 1.82) is 0 Å². The molecule has 4 nitrogen and oxygen atoms in total. The topological polar surface area (TPSA) is 47.9 Å². The van der Waals surface area contributed by atoms with Crippen LogP contribution < -0.4 is 4.74 Å². The van der Waals surface area contributed by atoms with E-state index in [0.717, 1.165) is 37.0 Å². The highest BCUT2D eigenvalue weighted by Gasteiger charge is 2.18. The molecule has 0 N–H and O–H groups in total. The van der Waals surface area contributed by atoms with Gasteiger partial charge < -0.3 is 9.47 Å². The Kier molecular flexibility index (Phi) is 7.08. The minimum atomic E-state index is -0.538. The van der Waals surface area contributed by atoms with E-state index in [1.54, 1.807) is 13.8 Å². The van der Waals surface area contributed by atoms with Crippen LogP contribution in [0.4, 0.5) is 0 Å². The van der Waals surface area contributed by atoms with Gasteiger partial charge in [-0.25, -0.2) is 4.79 Å². The third-order valence-corrected chi connectivity index (χ3v) is 5.17. The number of benzene rings is 2. The zero-order valence-corrected chi connectivity index (χ0v) is 17.9. The quantitative estimate of drug-likeness (QED) is 0.527. The number of hydrogen-bond donors (Lipinski definition) is 0. The lowest BCUT2D eigenvalue weighted by atomic mass is 9.92. The Morgan fingerprint density at radius 3 is 2.14 bits per heavy atom. The predicted molar refractivity (Wildman–Crippen MR) is 117 cm³/mol. The minimum Gasteiger partial charge on any atom is -0.490 e. The standard InChI is InChI=1S/C25H31NO3/c1-5-28-25(27)18(4)26-16-23-21-12-10-19-6-8-20(9-7-19)11-13-22(15-14-21)24(23)29-17(2)3/h6-9,14-18H,5,10-13H2,1-4H3. The fraction of sp³-hybridized carbons (Fsp3) is 0.440. The molecule has 0 heterocycles. The number of aliphatic imine (C=N–C) groups is 1. The number of carbonyl (C=O) groups is 1. The average Bonchev–Trinajstić information content (AvgIpc) is 2.69. The van der Waals surface area contributed by atoms with Crippen molar-refractivity contribution >= 4 is 12.2 Å². The number of nitrogens with zero attached hydrogens (tertiary/aromatic N) is 1. The molecule has 0 saturated carbocycles. The van der Waals surface area contributed by atoms with E-state index in [-0.39, 0.29) is 12.1 Å². The first kappa shape index (κ1) is 21.1. The van der Waals surface area contributed by atoms with Gasteiger partial charge in [-0.05, 0) is 75.6 Å². The van der Waals surface area contributed by atoms with Crippen molar-refractivity contribution in [1.82, 2.24) is 0 Å². The summed E-state index contributed by atoms with van der Waals surface area (Å²) < 4.78 is 11.4. The molecule has 4 aliphatic carbocycles. The highest BCUT2D eigenvalue weighted by molar-refractivity contribution is 5.89. The fourth-order valence-corrected chi connectivity index (χ4v) is 3.56. The number of esters is 1. The lowest BCUT2D eigenvalue weighted by Crippen LogP contribution is -2.18. The van der Waals surface area contributed by atoms with Crippen molar-refractivity contribution in [2.75, 3.05) is 6.61 Å². The summed E-state index contributed by atoms with van der Waals surface area (Å²) in [5.41, 5.74) is 6.01. The molecule has 0 radical (unpaired) electrons. The van der Waals surface area contributed by atoms with Crippen LogP contribution in [-0.4, -0.2) is 30.9 Å². The summed E-state index contributed by atoms with van der Waals surface area (Å²) in [6.45, 7) is 8.01. The minimum absolute atomic E-state index is 0.0600. The molecule has 0 spiro atoms. The summed E-state index contributed by atoms with van der Waals surface area (Å²) in [5.74, 6) is 0.592. The van der Waals surface area contributed by atoms with Crippen LogP contribution in [0.1, 0.15) is 55.5 Å². The number of carbonyl (C=O) groups excluding carboxylic acids is 1. The fourth-order valence-electron chi connectivity index (χ4n) is 3.56. The van der Waals surface area contributed by atoms with E-state index in [0.29, 0.717) is 6.61 Å². The van der Waals surface area contributed by atoms with Gasteiger partial charge in [0.25, 0.3) is 0 Å². The third-order valence-electron chi connectivity index (χ3n) is 5.17. The van der Waals surface area contributed by atoms with Crippen molar-refractivity contribution in [2.24, 2.45) is 4.99 Å². The van der Waals surface area contributed by atoms with Crippen molar-refractivity contribution in [2.45, 2.75) is 65.5 Å². The molecule has 0 aromatic heterocycles. The van der Waals surface area contributed by atoms with Crippen LogP contribution in [0.15, 0.2) is 41.4 Å². The van der Waals surface area contributed by atoms with Gasteiger partial charge in [0.2, 0.25) is 0 Å². The second kappa shape index (κ2) is 9.73. The Morgan fingerprint density at radius 2 is 1.55 bits per heavy atom. The lowest BCUT2D eigenvalue weighted by molar-refractivity contribution is -0.144. The van der Waals surface area contributed by atoms with E-state index in [9.17, 15) is 4.79 Å². The van der Waals surface area contributed by atoms with Crippen LogP contribution in [-0.2, 0) is 35.2 Å². The molecule has 6 rings (SSSR count). The first-order valence-corrected chi connectivity index (χ1v) is 10.6. The zero-order valence-electron chi connectivity index (χ0n) is 17.9. The second-order valence-corrected chi connectivity index (χ2v) is 7.82. The van der Waals surface area contributed by atoms with Crippen molar-refractivity contribution in [3.63, 3.8) is 0 Å². The molecule has 2 aromatic rings. The van der Waals surface area contributed by atoms with Gasteiger partial charge in [-0.1, -0.05) is 36.4 Å². The van der Waals surface area contributed by atoms with E-state index < -0.39 is 6.04 Å². The summed E-state index contributed by atoms with van der Waals surface area (Å²) >= 11 is 0. The van der Waals surface area contributed by atoms with Crippen LogP contribution in [0.2, 0.25) is 0 Å². The summed E-state index contributed by atoms with van der Waals surface area (Å²) in [4.78, 5) is 16.5. The molecule has 1 unspecified atom stereocenters. The molecule has 29 heavy (non-hydrogen) atoms. The molecule has 4 bridgehead atoms. The lowest BCUT2D eigenvalue weighted by Gasteiger charge is -2.21. The molecular weight excluding hydrogens is 362 g/mol. The van der Waals surface area contributed by atoms with Gasteiger partial charge >= 0.3 is 5.97 Å². The molecule has 0 aliphatic heterocycles. The monoisotopic (exact) mass is 393 g/mol. The van der Waals surface area contributed by atoms with Crippen LogP contribution in [0, 0.1) is 0 Å². The second-order valence-electron chi connectivity index (χ2n) is 7.82. The Morgan fingerprint density at radius 1 is 0.966 bits per heavy atom. The molecule has 2 aromatic carbocycles. The van der Waals surface area contributed by atoms with Crippen LogP contribution in [0.5, 0.6) is 5.75 Å². The van der Waals surface area contributed by atoms with Crippen LogP contribution in [0.25, 0.3) is 0 Å². The normalized spacial score (nSPS) is 14.7. The zero-order chi connectivity index (χ0) is 20.8. The van der Waals surface area contributed by atoms with Gasteiger partial charge in [0.15, 0.2) is 0 Å². The molecule has 0 fully saturated rings. The van der Waals surface area contributed by atoms with E-state index in [4.69, 9.17) is 9.47 Å².